The number of ether oxygens (including phenoxy) is 2. The van der Waals surface area contributed by atoms with Crippen LogP contribution in [-0.2, 0) is 0 Å². The Morgan fingerprint density at radius 1 is 0.479 bits per heavy atom. The van der Waals surface area contributed by atoms with Gasteiger partial charge in [0, 0.05) is 38.7 Å². The molecule has 0 bridgehead atoms. The largest absolute Gasteiger partial charge is 0.448 e. The summed E-state index contributed by atoms with van der Waals surface area (Å²) in [6.07, 6.45) is 51.3. The summed E-state index contributed by atoms with van der Waals surface area (Å²) in [7, 11) is 4.16. The summed E-state index contributed by atoms with van der Waals surface area (Å²) < 4.78 is 13.3. The highest BCUT2D eigenvalue weighted by Gasteiger charge is 2.40. The Morgan fingerprint density at radius 3 is 1.31 bits per heavy atom. The number of rotatable bonds is 31. The quantitative estimate of drug-likeness (QED) is 0.0584. The Bertz CT molecular complexity index is 972. The van der Waals surface area contributed by atoms with Crippen molar-refractivity contribution < 1.29 is 9.47 Å². The fourth-order valence-electron chi connectivity index (χ4n) is 6.45. The van der Waals surface area contributed by atoms with Crippen molar-refractivity contribution in [2.24, 2.45) is 0 Å². The molecule has 1 aliphatic heterocycles. The molecule has 272 valence electrons. The fourth-order valence-corrected chi connectivity index (χ4v) is 6.45. The third kappa shape index (κ3) is 20.2. The van der Waals surface area contributed by atoms with Crippen molar-refractivity contribution in [3.05, 3.63) is 66.8 Å². The van der Waals surface area contributed by atoms with Crippen LogP contribution in [0.4, 0.5) is 5.69 Å². The molecule has 1 aliphatic rings. The number of hydrogen-bond acceptors (Lipinski definition) is 3. The fraction of sp³-hybridized carbons (Fsp3) is 0.689. The number of hydrogen-bond donors (Lipinski definition) is 0. The van der Waals surface area contributed by atoms with Gasteiger partial charge in [0.05, 0.1) is 0 Å². The van der Waals surface area contributed by atoms with Crippen molar-refractivity contribution in [1.29, 1.82) is 0 Å². The van der Waals surface area contributed by atoms with Gasteiger partial charge in [-0.05, 0) is 89.2 Å². The molecule has 3 nitrogen and oxygen atoms in total. The maximum Gasteiger partial charge on any atom is 0.251 e. The van der Waals surface area contributed by atoms with Crippen LogP contribution in [0.3, 0.4) is 0 Å². The van der Waals surface area contributed by atoms with Gasteiger partial charge in [0.1, 0.15) is 0 Å². The van der Waals surface area contributed by atoms with Gasteiger partial charge in [-0.15, -0.1) is 0 Å². The second-order valence-corrected chi connectivity index (χ2v) is 14.3. The third-order valence-electron chi connectivity index (χ3n) is 9.55. The number of benzene rings is 1. The van der Waals surface area contributed by atoms with E-state index in [1.165, 1.54) is 141 Å². The van der Waals surface area contributed by atoms with E-state index in [1.807, 2.05) is 0 Å². The van der Waals surface area contributed by atoms with Crippen LogP contribution in [0.2, 0.25) is 0 Å². The van der Waals surface area contributed by atoms with Crippen LogP contribution in [0.1, 0.15) is 181 Å². The Kier molecular flexibility index (Phi) is 24.7. The molecule has 0 radical (unpaired) electrons. The summed E-state index contributed by atoms with van der Waals surface area (Å²) >= 11 is 0. The first-order chi connectivity index (χ1) is 23.6. The number of fused-ring (bicyclic) bond motifs is 1. The molecular weight excluding hydrogens is 587 g/mol. The monoisotopic (exact) mass is 662 g/mol. The minimum Gasteiger partial charge on any atom is -0.448 e. The van der Waals surface area contributed by atoms with Crippen molar-refractivity contribution in [2.75, 3.05) is 19.0 Å². The highest BCUT2D eigenvalue weighted by Crippen LogP contribution is 2.45. The van der Waals surface area contributed by atoms with Gasteiger partial charge < -0.3 is 14.4 Å². The first kappa shape index (κ1) is 41.7. The van der Waals surface area contributed by atoms with E-state index in [4.69, 9.17) is 9.47 Å². The number of anilines is 1. The molecular formula is C45H75NO2. The molecule has 0 atom stereocenters. The third-order valence-corrected chi connectivity index (χ3v) is 9.55. The van der Waals surface area contributed by atoms with E-state index >= 15 is 0 Å². The Morgan fingerprint density at radius 2 is 0.875 bits per heavy atom. The van der Waals surface area contributed by atoms with E-state index in [0.717, 1.165) is 42.9 Å². The van der Waals surface area contributed by atoms with E-state index in [0.29, 0.717) is 0 Å². The second kappa shape index (κ2) is 28.4. The predicted molar refractivity (Wildman–Crippen MR) is 213 cm³/mol. The average Bonchev–Trinajstić information content (AvgIpc) is 3.45. The van der Waals surface area contributed by atoms with Gasteiger partial charge in [-0.25, -0.2) is 0 Å². The van der Waals surface area contributed by atoms with Gasteiger partial charge >= 0.3 is 0 Å². The van der Waals surface area contributed by atoms with E-state index < -0.39 is 5.79 Å². The number of allylic oxidation sites excluding steroid dienone is 8. The first-order valence-corrected chi connectivity index (χ1v) is 20.4. The zero-order valence-corrected chi connectivity index (χ0v) is 32.0. The zero-order chi connectivity index (χ0) is 34.4. The molecule has 0 amide bonds. The SMILES string of the molecule is CCCCC/C=C\C/C=C\CCCCCCCCC1(CCCCCCCC/C=C\C/C=C\CCCCC)Oc2ccc(N(C)C)cc2O1. The van der Waals surface area contributed by atoms with Crippen LogP contribution in [0, 0.1) is 0 Å². The predicted octanol–water partition coefficient (Wildman–Crippen LogP) is 14.6. The lowest BCUT2D eigenvalue weighted by Gasteiger charge is -2.28. The lowest BCUT2D eigenvalue weighted by atomic mass is 9.98. The molecule has 0 N–H and O–H groups in total. The Hall–Kier alpha value is -2.42. The van der Waals surface area contributed by atoms with Gasteiger partial charge in [-0.2, -0.15) is 0 Å². The van der Waals surface area contributed by atoms with Crippen LogP contribution >= 0.6 is 0 Å². The molecule has 48 heavy (non-hydrogen) atoms. The van der Waals surface area contributed by atoms with Gasteiger partial charge in [-0.1, -0.05) is 140 Å². The molecule has 0 aromatic heterocycles. The van der Waals surface area contributed by atoms with Crippen molar-refractivity contribution in [3.8, 4) is 11.5 Å². The van der Waals surface area contributed by atoms with E-state index in [-0.39, 0.29) is 0 Å². The Labute approximate surface area is 298 Å². The summed E-state index contributed by atoms with van der Waals surface area (Å²) in [6, 6.07) is 6.39. The summed E-state index contributed by atoms with van der Waals surface area (Å²) in [4.78, 5) is 2.13. The smallest absolute Gasteiger partial charge is 0.251 e. The average molecular weight is 662 g/mol. The van der Waals surface area contributed by atoms with Crippen LogP contribution in [0.25, 0.3) is 0 Å². The molecule has 0 saturated heterocycles. The van der Waals surface area contributed by atoms with Crippen LogP contribution in [0.15, 0.2) is 66.8 Å². The molecule has 0 spiro atoms. The van der Waals surface area contributed by atoms with Crippen molar-refractivity contribution >= 4 is 5.69 Å². The lowest BCUT2D eigenvalue weighted by Crippen LogP contribution is -2.38. The van der Waals surface area contributed by atoms with Crippen LogP contribution in [0.5, 0.6) is 11.5 Å². The van der Waals surface area contributed by atoms with E-state index in [9.17, 15) is 0 Å². The van der Waals surface area contributed by atoms with Crippen molar-refractivity contribution in [2.45, 2.75) is 187 Å². The molecule has 1 aromatic carbocycles. The highest BCUT2D eigenvalue weighted by molar-refractivity contribution is 5.57. The maximum atomic E-state index is 6.66. The van der Waals surface area contributed by atoms with Crippen LogP contribution in [-0.4, -0.2) is 19.9 Å². The maximum absolute atomic E-state index is 6.66. The molecule has 0 unspecified atom stereocenters. The minimum absolute atomic E-state index is 0.488. The molecule has 0 saturated carbocycles. The van der Waals surface area contributed by atoms with Crippen LogP contribution < -0.4 is 14.4 Å². The van der Waals surface area contributed by atoms with Gasteiger partial charge in [0.25, 0.3) is 5.79 Å². The highest BCUT2D eigenvalue weighted by atomic mass is 16.7. The van der Waals surface area contributed by atoms with E-state index in [1.54, 1.807) is 0 Å². The first-order valence-electron chi connectivity index (χ1n) is 20.4. The van der Waals surface area contributed by atoms with Crippen molar-refractivity contribution in [3.63, 3.8) is 0 Å². The lowest BCUT2D eigenvalue weighted by molar-refractivity contribution is -0.0949. The zero-order valence-electron chi connectivity index (χ0n) is 32.0. The van der Waals surface area contributed by atoms with Crippen molar-refractivity contribution in [1.82, 2.24) is 0 Å². The molecule has 1 aromatic rings. The minimum atomic E-state index is -0.488. The second-order valence-electron chi connectivity index (χ2n) is 14.3. The van der Waals surface area contributed by atoms with Gasteiger partial charge in [0.15, 0.2) is 11.5 Å². The van der Waals surface area contributed by atoms with Gasteiger partial charge in [-0.3, -0.25) is 0 Å². The molecule has 0 fully saturated rings. The Balaban J connectivity index is 1.61. The topological polar surface area (TPSA) is 21.7 Å². The standard InChI is InChI=1S/C45H75NO2/c1-5-7-9-11-13-15-17-19-21-23-25-27-29-31-33-35-39-45(47-43-38-37-42(46(3)4)41-44(43)48-45)40-36-34-32-30-28-26-24-22-20-18-16-14-12-10-8-6-2/h13-16,19-22,37-38,41H,5-12,17-18,23-36,39-40H2,1-4H3/b15-13-,16-14-,21-19-,22-20-. The molecule has 0 aliphatic carbocycles. The van der Waals surface area contributed by atoms with Gasteiger partial charge in [0.2, 0.25) is 0 Å². The summed E-state index contributed by atoms with van der Waals surface area (Å²) in [5.74, 6) is 1.35. The summed E-state index contributed by atoms with van der Waals surface area (Å²) in [6.45, 7) is 4.53. The summed E-state index contributed by atoms with van der Waals surface area (Å²) in [5, 5.41) is 0. The molecule has 3 heteroatoms. The van der Waals surface area contributed by atoms with E-state index in [2.05, 4.69) is 99.6 Å². The number of unbranched alkanes of at least 4 members (excludes halogenated alkanes) is 18. The molecule has 1 heterocycles. The normalized spacial score (nSPS) is 14.1. The summed E-state index contributed by atoms with van der Waals surface area (Å²) in [5.41, 5.74) is 1.16. The molecule has 2 rings (SSSR count). The number of nitrogens with zero attached hydrogens (tertiary/aromatic N) is 1.